The number of amides is 1. The molecule has 2 N–H and O–H groups in total. The summed E-state index contributed by atoms with van der Waals surface area (Å²) in [6, 6.07) is 12.7. The summed E-state index contributed by atoms with van der Waals surface area (Å²) in [5.74, 6) is -3.66. The van der Waals surface area contributed by atoms with Crippen LogP contribution in [0.1, 0.15) is 30.0 Å². The Hall–Kier alpha value is -3.48. The van der Waals surface area contributed by atoms with Crippen LogP contribution in [0.4, 0.5) is 4.39 Å². The fraction of sp³-hybridized carbons (Fsp3) is 0.190. The average Bonchev–Trinajstić information content (AvgIpc) is 2.93. The van der Waals surface area contributed by atoms with Crippen molar-refractivity contribution in [2.75, 3.05) is 6.54 Å². The third kappa shape index (κ3) is 3.78. The number of ketones is 1. The fourth-order valence-electron chi connectivity index (χ4n) is 3.29. The Kier molecular flexibility index (Phi) is 5.54. The zero-order valence-corrected chi connectivity index (χ0v) is 14.8. The van der Waals surface area contributed by atoms with Gasteiger partial charge in [-0.15, -0.1) is 0 Å². The number of hydrogen-bond acceptors (Lipinski definition) is 4. The SMILES string of the molecule is O=C(O)CCCN1C(=O)C(=O)C(=C(O)c2ccccc2)[C@@H]1c1cccc(F)c1. The van der Waals surface area contributed by atoms with E-state index in [4.69, 9.17) is 5.11 Å². The van der Waals surface area contributed by atoms with Crippen LogP contribution in [0.15, 0.2) is 60.2 Å². The minimum absolute atomic E-state index is 0.0103. The van der Waals surface area contributed by atoms with E-state index in [1.54, 1.807) is 36.4 Å². The van der Waals surface area contributed by atoms with Crippen LogP contribution in [0.25, 0.3) is 5.76 Å². The molecule has 3 rings (SSSR count). The normalized spacial score (nSPS) is 18.5. The van der Waals surface area contributed by atoms with Gasteiger partial charge >= 0.3 is 5.97 Å². The highest BCUT2D eigenvalue weighted by molar-refractivity contribution is 6.46. The second-order valence-corrected chi connectivity index (χ2v) is 6.41. The molecule has 0 radical (unpaired) electrons. The molecule has 0 aliphatic carbocycles. The molecule has 2 aromatic rings. The van der Waals surface area contributed by atoms with Gasteiger partial charge in [0.2, 0.25) is 0 Å². The lowest BCUT2D eigenvalue weighted by molar-refractivity contribution is -0.140. The number of likely N-dealkylation sites (tertiary alicyclic amines) is 1. The van der Waals surface area contributed by atoms with Crippen LogP contribution in [-0.4, -0.2) is 39.3 Å². The maximum Gasteiger partial charge on any atom is 0.303 e. The molecule has 1 amide bonds. The first kappa shape index (κ1) is 19.3. The van der Waals surface area contributed by atoms with Gasteiger partial charge in [0.1, 0.15) is 11.6 Å². The first-order chi connectivity index (χ1) is 13.4. The number of carbonyl (C=O) groups excluding carboxylic acids is 2. The highest BCUT2D eigenvalue weighted by atomic mass is 19.1. The number of hydrogen-bond donors (Lipinski definition) is 2. The maximum absolute atomic E-state index is 13.8. The Morgan fingerprint density at radius 2 is 1.75 bits per heavy atom. The molecular formula is C21H18FNO5. The van der Waals surface area contributed by atoms with E-state index in [-0.39, 0.29) is 30.7 Å². The Morgan fingerprint density at radius 1 is 1.04 bits per heavy atom. The number of carboxylic acid groups (broad SMARTS) is 1. The Bertz CT molecular complexity index is 954. The second kappa shape index (κ2) is 8.04. The highest BCUT2D eigenvalue weighted by Crippen LogP contribution is 2.39. The van der Waals surface area contributed by atoms with Crippen molar-refractivity contribution in [3.05, 3.63) is 77.1 Å². The number of aliphatic carboxylic acids is 1. The molecule has 1 aliphatic heterocycles. The summed E-state index contributed by atoms with van der Waals surface area (Å²) in [5.41, 5.74) is 0.538. The molecule has 0 saturated carbocycles. The number of rotatable bonds is 6. The van der Waals surface area contributed by atoms with Crippen LogP contribution in [0.3, 0.4) is 0 Å². The van der Waals surface area contributed by atoms with Gasteiger partial charge in [0.25, 0.3) is 11.7 Å². The fourth-order valence-corrected chi connectivity index (χ4v) is 3.29. The van der Waals surface area contributed by atoms with E-state index in [2.05, 4.69) is 0 Å². The first-order valence-electron chi connectivity index (χ1n) is 8.71. The van der Waals surface area contributed by atoms with Crippen molar-refractivity contribution in [3.8, 4) is 0 Å². The topological polar surface area (TPSA) is 94.9 Å². The third-order valence-corrected chi connectivity index (χ3v) is 4.54. The Balaban J connectivity index is 2.10. The van der Waals surface area contributed by atoms with Gasteiger partial charge in [0.05, 0.1) is 11.6 Å². The van der Waals surface area contributed by atoms with Crippen LogP contribution in [0, 0.1) is 5.82 Å². The molecule has 1 heterocycles. The lowest BCUT2D eigenvalue weighted by Crippen LogP contribution is -2.31. The van der Waals surface area contributed by atoms with Gasteiger partial charge in [-0.25, -0.2) is 4.39 Å². The largest absolute Gasteiger partial charge is 0.507 e. The number of benzene rings is 2. The monoisotopic (exact) mass is 383 g/mol. The van der Waals surface area contributed by atoms with Gasteiger partial charge < -0.3 is 15.1 Å². The summed E-state index contributed by atoms with van der Waals surface area (Å²) < 4.78 is 13.8. The number of aliphatic hydroxyl groups is 1. The Labute approximate surface area is 160 Å². The van der Waals surface area contributed by atoms with Gasteiger partial charge in [-0.3, -0.25) is 14.4 Å². The van der Waals surface area contributed by atoms with Crippen LogP contribution in [0.5, 0.6) is 0 Å². The lowest BCUT2D eigenvalue weighted by Gasteiger charge is -2.25. The van der Waals surface area contributed by atoms with E-state index in [0.717, 1.165) is 0 Å². The van der Waals surface area contributed by atoms with E-state index in [1.807, 2.05) is 0 Å². The highest BCUT2D eigenvalue weighted by Gasteiger charge is 2.45. The number of halogens is 1. The minimum Gasteiger partial charge on any atom is -0.507 e. The molecule has 1 atom stereocenters. The average molecular weight is 383 g/mol. The molecule has 7 heteroatoms. The molecule has 144 valence electrons. The summed E-state index contributed by atoms with van der Waals surface area (Å²) in [6.07, 6.45) is -0.0584. The van der Waals surface area contributed by atoms with Crippen LogP contribution in [-0.2, 0) is 14.4 Å². The van der Waals surface area contributed by atoms with Crippen LogP contribution >= 0.6 is 0 Å². The summed E-state index contributed by atoms with van der Waals surface area (Å²) in [5, 5.41) is 19.6. The number of nitrogens with zero attached hydrogens (tertiary/aromatic N) is 1. The van der Waals surface area contributed by atoms with Gasteiger partial charge in [0, 0.05) is 18.5 Å². The molecule has 6 nitrogen and oxygen atoms in total. The van der Waals surface area contributed by atoms with Gasteiger partial charge in [-0.2, -0.15) is 0 Å². The summed E-state index contributed by atoms with van der Waals surface area (Å²) in [6.45, 7) is -0.0103. The standard InChI is InChI=1S/C21H18FNO5/c22-15-9-4-8-14(12-15)18-17(19(26)13-6-2-1-3-7-13)20(27)21(28)23(18)11-5-10-16(24)25/h1-4,6-9,12,18,26H,5,10-11H2,(H,24,25)/t18-/m0/s1. The molecular weight excluding hydrogens is 365 g/mol. The molecule has 28 heavy (non-hydrogen) atoms. The van der Waals surface area contributed by atoms with Crippen molar-refractivity contribution in [2.45, 2.75) is 18.9 Å². The van der Waals surface area contributed by atoms with Crippen molar-refractivity contribution in [1.82, 2.24) is 4.90 Å². The zero-order chi connectivity index (χ0) is 20.3. The molecule has 1 aliphatic rings. The minimum atomic E-state index is -1.02. The van der Waals surface area contributed by atoms with Gasteiger partial charge in [-0.05, 0) is 24.1 Å². The molecule has 1 saturated heterocycles. The predicted molar refractivity (Wildman–Crippen MR) is 98.7 cm³/mol. The molecule has 0 aromatic heterocycles. The maximum atomic E-state index is 13.8. The molecule has 1 fully saturated rings. The Morgan fingerprint density at radius 3 is 2.39 bits per heavy atom. The van der Waals surface area contributed by atoms with E-state index >= 15 is 0 Å². The summed E-state index contributed by atoms with van der Waals surface area (Å²) in [4.78, 5) is 37.3. The van der Waals surface area contributed by atoms with Crippen molar-refractivity contribution < 1.29 is 29.0 Å². The summed E-state index contributed by atoms with van der Waals surface area (Å²) >= 11 is 0. The third-order valence-electron chi connectivity index (χ3n) is 4.54. The van der Waals surface area contributed by atoms with E-state index in [1.165, 1.54) is 23.1 Å². The molecule has 0 spiro atoms. The zero-order valence-electron chi connectivity index (χ0n) is 14.8. The first-order valence-corrected chi connectivity index (χ1v) is 8.71. The summed E-state index contributed by atoms with van der Waals surface area (Å²) in [7, 11) is 0. The van der Waals surface area contributed by atoms with E-state index in [9.17, 15) is 23.9 Å². The lowest BCUT2D eigenvalue weighted by atomic mass is 9.95. The molecule has 2 aromatic carbocycles. The van der Waals surface area contributed by atoms with Crippen molar-refractivity contribution in [1.29, 1.82) is 0 Å². The molecule has 0 bridgehead atoms. The van der Waals surface area contributed by atoms with Gasteiger partial charge in [0.15, 0.2) is 0 Å². The van der Waals surface area contributed by atoms with E-state index in [0.29, 0.717) is 11.1 Å². The number of carbonyl (C=O) groups is 3. The number of aliphatic hydroxyl groups excluding tert-OH is 1. The van der Waals surface area contributed by atoms with Crippen molar-refractivity contribution >= 4 is 23.4 Å². The van der Waals surface area contributed by atoms with Crippen molar-refractivity contribution in [3.63, 3.8) is 0 Å². The number of Topliss-reactive ketones (excluding diaryl/α,β-unsaturated/α-hetero) is 1. The quantitative estimate of drug-likeness (QED) is 0.454. The number of carboxylic acids is 1. The molecule has 0 unspecified atom stereocenters. The predicted octanol–water partition coefficient (Wildman–Crippen LogP) is 3.11. The smallest absolute Gasteiger partial charge is 0.303 e. The van der Waals surface area contributed by atoms with E-state index < -0.39 is 29.5 Å². The second-order valence-electron chi connectivity index (χ2n) is 6.41. The van der Waals surface area contributed by atoms with Gasteiger partial charge in [-0.1, -0.05) is 42.5 Å². The van der Waals surface area contributed by atoms with Crippen molar-refractivity contribution in [2.24, 2.45) is 0 Å². The van der Waals surface area contributed by atoms with Crippen LogP contribution < -0.4 is 0 Å². The van der Waals surface area contributed by atoms with Crippen LogP contribution in [0.2, 0.25) is 0 Å².